The first-order valence-electron chi connectivity index (χ1n) is 9.52. The maximum Gasteiger partial charge on any atom is 0.229 e. The van der Waals surface area contributed by atoms with E-state index >= 15 is 0 Å². The van der Waals surface area contributed by atoms with Gasteiger partial charge < -0.3 is 10.6 Å². The monoisotopic (exact) mass is 365 g/mol. The fraction of sp³-hybridized carbons (Fsp3) is 0.450. The lowest BCUT2D eigenvalue weighted by molar-refractivity contribution is 0.249. The van der Waals surface area contributed by atoms with Gasteiger partial charge in [0.1, 0.15) is 5.82 Å². The highest BCUT2D eigenvalue weighted by atomic mass is 15.3. The summed E-state index contributed by atoms with van der Waals surface area (Å²) in [7, 11) is 1.88. The van der Waals surface area contributed by atoms with Crippen LogP contribution in [-0.4, -0.2) is 50.8 Å². The Morgan fingerprint density at radius 3 is 2.41 bits per heavy atom. The van der Waals surface area contributed by atoms with Gasteiger partial charge in [0.05, 0.1) is 11.6 Å². The molecule has 27 heavy (non-hydrogen) atoms. The molecule has 1 fully saturated rings. The lowest BCUT2D eigenvalue weighted by Crippen LogP contribution is -2.46. The van der Waals surface area contributed by atoms with Crippen molar-refractivity contribution in [3.63, 3.8) is 0 Å². The summed E-state index contributed by atoms with van der Waals surface area (Å²) in [5.74, 6) is 1.77. The molecule has 2 N–H and O–H groups in total. The molecule has 0 saturated carbocycles. The Labute approximate surface area is 159 Å². The molecule has 0 atom stereocenters. The van der Waals surface area contributed by atoms with Crippen LogP contribution in [0, 0.1) is 0 Å². The number of anilines is 2. The van der Waals surface area contributed by atoms with Gasteiger partial charge in [0.15, 0.2) is 5.65 Å². The fourth-order valence-corrected chi connectivity index (χ4v) is 3.55. The quantitative estimate of drug-likeness (QED) is 0.765. The third-order valence-electron chi connectivity index (χ3n) is 5.32. The van der Waals surface area contributed by atoms with Crippen LogP contribution < -0.4 is 10.6 Å². The second kappa shape index (κ2) is 7.15. The van der Waals surface area contributed by atoms with Gasteiger partial charge >= 0.3 is 0 Å². The van der Waals surface area contributed by atoms with Crippen LogP contribution in [0.4, 0.5) is 11.8 Å². The van der Waals surface area contributed by atoms with Crippen molar-refractivity contribution >= 4 is 22.8 Å². The van der Waals surface area contributed by atoms with E-state index < -0.39 is 0 Å². The number of benzene rings is 1. The fourth-order valence-electron chi connectivity index (χ4n) is 3.55. The first kappa shape index (κ1) is 17.7. The van der Waals surface area contributed by atoms with Crippen molar-refractivity contribution in [2.45, 2.75) is 26.3 Å². The molecule has 1 aromatic carbocycles. The topological polar surface area (TPSA) is 76.1 Å². The Morgan fingerprint density at radius 2 is 1.74 bits per heavy atom. The summed E-state index contributed by atoms with van der Waals surface area (Å²) in [5.41, 5.74) is 9.64. The molecule has 142 valence electrons. The number of nitrogens with zero attached hydrogens (tertiary/aromatic N) is 6. The Kier molecular flexibility index (Phi) is 4.70. The standard InChI is InChI=1S/C20H27N7/c1-14(2)16-6-4-15(5-7-16)13-26-8-10-27(11-9-26)20-23-18(21)17-12-22-25(3)19(17)24-20/h4-7,12,14H,8-11,13H2,1-3H3,(H2,21,23,24). The van der Waals surface area contributed by atoms with E-state index in [1.165, 1.54) is 11.1 Å². The maximum absolute atomic E-state index is 6.10. The van der Waals surface area contributed by atoms with E-state index in [0.717, 1.165) is 43.8 Å². The van der Waals surface area contributed by atoms with E-state index in [2.05, 4.69) is 63.0 Å². The minimum Gasteiger partial charge on any atom is -0.383 e. The van der Waals surface area contributed by atoms with Gasteiger partial charge in [-0.05, 0) is 17.0 Å². The van der Waals surface area contributed by atoms with Gasteiger partial charge in [0.2, 0.25) is 5.95 Å². The molecule has 0 spiro atoms. The van der Waals surface area contributed by atoms with Crippen molar-refractivity contribution in [2.75, 3.05) is 36.8 Å². The number of nitrogens with two attached hydrogens (primary N) is 1. The molecule has 2 aromatic heterocycles. The predicted octanol–water partition coefficient (Wildman–Crippen LogP) is 2.39. The van der Waals surface area contributed by atoms with Crippen LogP contribution in [-0.2, 0) is 13.6 Å². The Balaban J connectivity index is 1.41. The zero-order chi connectivity index (χ0) is 19.0. The van der Waals surface area contributed by atoms with E-state index in [1.54, 1.807) is 10.9 Å². The predicted molar refractivity (Wildman–Crippen MR) is 109 cm³/mol. The largest absolute Gasteiger partial charge is 0.383 e. The third kappa shape index (κ3) is 3.60. The van der Waals surface area contributed by atoms with Crippen LogP contribution >= 0.6 is 0 Å². The lowest BCUT2D eigenvalue weighted by atomic mass is 10.0. The number of aryl methyl sites for hydroxylation is 1. The van der Waals surface area contributed by atoms with E-state index in [9.17, 15) is 0 Å². The molecule has 7 nitrogen and oxygen atoms in total. The molecular weight excluding hydrogens is 338 g/mol. The van der Waals surface area contributed by atoms with Crippen LogP contribution in [0.5, 0.6) is 0 Å². The zero-order valence-corrected chi connectivity index (χ0v) is 16.3. The van der Waals surface area contributed by atoms with Crippen LogP contribution in [0.1, 0.15) is 30.9 Å². The van der Waals surface area contributed by atoms with Crippen LogP contribution in [0.2, 0.25) is 0 Å². The van der Waals surface area contributed by atoms with Crippen LogP contribution in [0.25, 0.3) is 11.0 Å². The van der Waals surface area contributed by atoms with Crippen molar-refractivity contribution in [3.8, 4) is 0 Å². The van der Waals surface area contributed by atoms with E-state index in [-0.39, 0.29) is 0 Å². The Hall–Kier alpha value is -2.67. The van der Waals surface area contributed by atoms with Crippen molar-refractivity contribution in [2.24, 2.45) is 7.05 Å². The van der Waals surface area contributed by atoms with E-state index in [4.69, 9.17) is 5.73 Å². The van der Waals surface area contributed by atoms with E-state index in [0.29, 0.717) is 17.7 Å². The molecule has 1 aliphatic rings. The smallest absolute Gasteiger partial charge is 0.229 e. The Bertz CT molecular complexity index is 921. The molecule has 0 amide bonds. The van der Waals surface area contributed by atoms with Crippen LogP contribution in [0.15, 0.2) is 30.5 Å². The summed E-state index contributed by atoms with van der Waals surface area (Å²) in [6.07, 6.45) is 1.72. The number of piperazine rings is 1. The molecule has 0 aliphatic carbocycles. The number of hydrogen-bond donors (Lipinski definition) is 1. The minimum absolute atomic E-state index is 0.496. The minimum atomic E-state index is 0.496. The average molecular weight is 365 g/mol. The van der Waals surface area contributed by atoms with Crippen molar-refractivity contribution in [3.05, 3.63) is 41.6 Å². The SMILES string of the molecule is CC(C)c1ccc(CN2CCN(c3nc(N)c4cnn(C)c4n3)CC2)cc1. The maximum atomic E-state index is 6.10. The van der Waals surface area contributed by atoms with Crippen molar-refractivity contribution in [1.82, 2.24) is 24.6 Å². The summed E-state index contributed by atoms with van der Waals surface area (Å²) >= 11 is 0. The van der Waals surface area contributed by atoms with Crippen LogP contribution in [0.3, 0.4) is 0 Å². The molecule has 0 bridgehead atoms. The molecule has 7 heteroatoms. The first-order chi connectivity index (χ1) is 13.0. The Morgan fingerprint density at radius 1 is 1.04 bits per heavy atom. The highest BCUT2D eigenvalue weighted by Crippen LogP contribution is 2.22. The van der Waals surface area contributed by atoms with Gasteiger partial charge in [0.25, 0.3) is 0 Å². The number of nitrogen functional groups attached to an aromatic ring is 1. The molecule has 0 radical (unpaired) electrons. The number of rotatable bonds is 4. The number of hydrogen-bond acceptors (Lipinski definition) is 6. The molecule has 4 rings (SSSR count). The van der Waals surface area contributed by atoms with Gasteiger partial charge in [-0.15, -0.1) is 0 Å². The summed E-state index contributed by atoms with van der Waals surface area (Å²) < 4.78 is 1.74. The molecule has 1 aliphatic heterocycles. The van der Waals surface area contributed by atoms with Crippen molar-refractivity contribution < 1.29 is 0 Å². The van der Waals surface area contributed by atoms with Gasteiger partial charge in [0, 0.05) is 39.8 Å². The molecule has 3 aromatic rings. The molecule has 0 unspecified atom stereocenters. The highest BCUT2D eigenvalue weighted by Gasteiger charge is 2.21. The molecular formula is C20H27N7. The van der Waals surface area contributed by atoms with Gasteiger partial charge in [-0.3, -0.25) is 9.58 Å². The second-order valence-corrected chi connectivity index (χ2v) is 7.57. The highest BCUT2D eigenvalue weighted by molar-refractivity contribution is 5.86. The lowest BCUT2D eigenvalue weighted by Gasteiger charge is -2.34. The normalized spacial score (nSPS) is 15.8. The summed E-state index contributed by atoms with van der Waals surface area (Å²) in [6.45, 7) is 9.20. The molecule has 3 heterocycles. The zero-order valence-electron chi connectivity index (χ0n) is 16.3. The summed E-state index contributed by atoms with van der Waals surface area (Å²) in [4.78, 5) is 13.9. The van der Waals surface area contributed by atoms with E-state index in [1.807, 2.05) is 7.05 Å². The average Bonchev–Trinajstić information content (AvgIpc) is 3.04. The number of aromatic nitrogens is 4. The summed E-state index contributed by atoms with van der Waals surface area (Å²) in [5, 5.41) is 5.04. The molecule has 1 saturated heterocycles. The third-order valence-corrected chi connectivity index (χ3v) is 5.32. The van der Waals surface area contributed by atoms with Gasteiger partial charge in [-0.1, -0.05) is 38.1 Å². The van der Waals surface area contributed by atoms with Gasteiger partial charge in [-0.2, -0.15) is 15.1 Å². The first-order valence-corrected chi connectivity index (χ1v) is 9.52. The summed E-state index contributed by atoms with van der Waals surface area (Å²) in [6, 6.07) is 9.00. The second-order valence-electron chi connectivity index (χ2n) is 7.57. The van der Waals surface area contributed by atoms with Gasteiger partial charge in [-0.25, -0.2) is 0 Å². The van der Waals surface area contributed by atoms with Crippen molar-refractivity contribution in [1.29, 1.82) is 0 Å². The number of fused-ring (bicyclic) bond motifs is 1.